The molecule has 0 aliphatic heterocycles. The maximum atomic E-state index is 13.3. The van der Waals surface area contributed by atoms with E-state index >= 15 is 0 Å². The number of carbonyl (C=O) groups is 4. The van der Waals surface area contributed by atoms with Crippen LogP contribution in [0.15, 0.2) is 65.9 Å². The molecule has 0 saturated heterocycles. The summed E-state index contributed by atoms with van der Waals surface area (Å²) in [5.41, 5.74) is 1.24. The Morgan fingerprint density at radius 2 is 1.05 bits per heavy atom. The number of anilines is 4. The van der Waals surface area contributed by atoms with Gasteiger partial charge in [-0.15, -0.1) is 22.7 Å². The third-order valence-corrected chi connectivity index (χ3v) is 13.1. The van der Waals surface area contributed by atoms with Gasteiger partial charge in [0.05, 0.1) is 25.5 Å². The highest BCUT2D eigenvalue weighted by atomic mass is 32.2. The van der Waals surface area contributed by atoms with Crippen molar-refractivity contribution in [2.75, 3.05) is 20.0 Å². The van der Waals surface area contributed by atoms with Crippen molar-refractivity contribution in [3.8, 4) is 0 Å². The van der Waals surface area contributed by atoms with Crippen LogP contribution in [0.5, 0.6) is 0 Å². The number of hydrogen-bond donors (Lipinski definition) is 4. The summed E-state index contributed by atoms with van der Waals surface area (Å²) in [7, 11) is -9.43. The monoisotopic (exact) mass is 903 g/mol. The van der Waals surface area contributed by atoms with Crippen LogP contribution in [0, 0.1) is 55.3 Å². The molecule has 0 aliphatic rings. The number of amides is 2. The van der Waals surface area contributed by atoms with E-state index in [4.69, 9.17) is 21.5 Å². The van der Waals surface area contributed by atoms with Gasteiger partial charge in [0.1, 0.15) is 19.5 Å². The van der Waals surface area contributed by atoms with Crippen LogP contribution in [0.4, 0.5) is 23.1 Å². The fourth-order valence-electron chi connectivity index (χ4n) is 5.41. The molecule has 16 nitrogen and oxygen atoms in total. The maximum Gasteiger partial charge on any atom is 0.267 e. The van der Waals surface area contributed by atoms with Gasteiger partial charge in [-0.2, -0.15) is 0 Å². The van der Waals surface area contributed by atoms with E-state index in [1.807, 2.05) is 0 Å². The lowest BCUT2D eigenvalue weighted by molar-refractivity contribution is 0.100. The van der Waals surface area contributed by atoms with Crippen LogP contribution < -0.4 is 20.0 Å². The highest BCUT2D eigenvalue weighted by Crippen LogP contribution is 2.31. The minimum absolute atomic E-state index is 0.0933. The van der Waals surface area contributed by atoms with Crippen LogP contribution >= 0.6 is 22.7 Å². The smallest absolute Gasteiger partial charge is 0.267 e. The number of Topliss-reactive ketones (excluding diaryl/α,β-unsaturated/α-hetero) is 2. The average molecular weight is 904 g/mol. The van der Waals surface area contributed by atoms with E-state index in [1.165, 1.54) is 37.6 Å². The molecule has 0 unspecified atom stereocenters. The number of nitrogens with zero attached hydrogens (tertiary/aromatic N) is 2. The van der Waals surface area contributed by atoms with Crippen molar-refractivity contribution in [2.24, 2.45) is 0 Å². The van der Waals surface area contributed by atoms with Crippen molar-refractivity contribution in [3.05, 3.63) is 113 Å². The number of benzene rings is 2. The topological polar surface area (TPSA) is 237 Å². The predicted octanol–water partition coefficient (Wildman–Crippen LogP) is 8.45. The highest BCUT2D eigenvalue weighted by Gasteiger charge is 2.29. The summed E-state index contributed by atoms with van der Waals surface area (Å²) in [6, 6.07) is 5.02. The zero-order chi connectivity index (χ0) is 52.2. The maximum absolute atomic E-state index is 13.3. The molecule has 0 spiro atoms. The van der Waals surface area contributed by atoms with E-state index < -0.39 is 76.4 Å². The van der Waals surface area contributed by atoms with Gasteiger partial charge in [0.15, 0.2) is 17.2 Å². The van der Waals surface area contributed by atoms with E-state index in [0.29, 0.717) is 55.5 Å². The second kappa shape index (κ2) is 17.7. The summed E-state index contributed by atoms with van der Waals surface area (Å²) in [4.78, 5) is 49.1. The molecule has 4 N–H and O–H groups in total. The average Bonchev–Trinajstić information content (AvgIpc) is 4.09. The molecular weight excluding hydrogens is 853 g/mol. The van der Waals surface area contributed by atoms with Crippen LogP contribution in [-0.4, -0.2) is 50.5 Å². The van der Waals surface area contributed by atoms with Gasteiger partial charge in [-0.1, -0.05) is 22.4 Å². The van der Waals surface area contributed by atoms with Gasteiger partial charge in [0.25, 0.3) is 31.9 Å². The van der Waals surface area contributed by atoms with E-state index in [-0.39, 0.29) is 60.5 Å². The molecule has 0 atom stereocenters. The van der Waals surface area contributed by atoms with Crippen molar-refractivity contribution < 1.29 is 57.6 Å². The first kappa shape index (κ1) is 33.8. The van der Waals surface area contributed by atoms with E-state index in [9.17, 15) is 36.0 Å². The summed E-state index contributed by atoms with van der Waals surface area (Å²) < 4.78 is 135. The molecule has 4 heterocycles. The van der Waals surface area contributed by atoms with Gasteiger partial charge in [0.2, 0.25) is 11.8 Å². The molecule has 2 amide bonds. The van der Waals surface area contributed by atoms with Crippen molar-refractivity contribution in [3.63, 3.8) is 0 Å². The van der Waals surface area contributed by atoms with E-state index in [1.54, 1.807) is 47.6 Å². The first-order valence-corrected chi connectivity index (χ1v) is 22.0. The third-order valence-electron chi connectivity index (χ3n) is 8.45. The molecule has 316 valence electrons. The number of hydrogen-bond acceptors (Lipinski definition) is 14. The SMILES string of the molecule is [2H]c1c(C)cc(C)c(N([2H])C(=O)c2sccc2S(=O)(=O)N([2H])c2onc(C)c2C([2H])([2H])[2H])c1C(C)=O.[2H]c1c(C)cc(C)c(N([2H])C(=O)c2sccc2S(=O)(=O)N([2H])c2onc(C)c2C)c1C(C)=O. The van der Waals surface area contributed by atoms with Crippen LogP contribution in [0.1, 0.15) is 106 Å². The third kappa shape index (κ3) is 9.73. The molecule has 0 saturated carbocycles. The molecule has 20 heteroatoms. The van der Waals surface area contributed by atoms with Gasteiger partial charge >= 0.3 is 0 Å². The molecule has 60 heavy (non-hydrogen) atoms. The van der Waals surface area contributed by atoms with Crippen LogP contribution in [0.25, 0.3) is 0 Å². The Bertz CT molecular complexity index is 3290. The second-order valence-corrected chi connectivity index (χ2v) is 18.1. The van der Waals surface area contributed by atoms with Gasteiger partial charge in [-0.3, -0.25) is 19.2 Å². The highest BCUT2D eigenvalue weighted by molar-refractivity contribution is 7.93. The number of ketones is 2. The molecule has 0 radical (unpaired) electrons. The lowest BCUT2D eigenvalue weighted by Gasteiger charge is -2.14. The van der Waals surface area contributed by atoms with Crippen LogP contribution in [-0.2, 0) is 20.0 Å². The van der Waals surface area contributed by atoms with E-state index in [0.717, 1.165) is 23.5 Å². The number of nitrogens with one attached hydrogen (secondary N) is 4. The van der Waals surface area contributed by atoms with Crippen LogP contribution in [0.3, 0.4) is 0 Å². The summed E-state index contributed by atoms with van der Waals surface area (Å²) in [6.07, 6.45) is 0. The van der Waals surface area contributed by atoms with E-state index in [2.05, 4.69) is 10.3 Å². The molecule has 2 aromatic carbocycles. The molecule has 0 aliphatic carbocycles. The first-order valence-electron chi connectivity index (χ1n) is 21.6. The van der Waals surface area contributed by atoms with Crippen molar-refractivity contribution in [1.82, 2.24) is 10.3 Å². The largest absolute Gasteiger partial charge is 0.337 e. The molecule has 6 aromatic rings. The Morgan fingerprint density at radius 1 is 0.667 bits per heavy atom. The van der Waals surface area contributed by atoms with Gasteiger partial charge in [0, 0.05) is 26.4 Å². The molecule has 4 aromatic heterocycles. The number of aromatic nitrogens is 2. The Labute approximate surface area is 367 Å². The number of carbonyl (C=O) groups excluding carboxylic acids is 4. The Kier molecular flexibility index (Phi) is 9.99. The van der Waals surface area contributed by atoms with Crippen molar-refractivity contribution in [1.29, 1.82) is 0 Å². The summed E-state index contributed by atoms with van der Waals surface area (Å²) in [5.74, 6) is -4.37. The van der Waals surface area contributed by atoms with Gasteiger partial charge in [-0.25, -0.2) is 26.3 Å². The zero-order valence-electron chi connectivity index (χ0n) is 42.4. The quantitative estimate of drug-likeness (QED) is 0.0847. The number of rotatable bonds is 12. The molecule has 0 fully saturated rings. The number of aryl methyl sites for hydroxylation is 6. The van der Waals surface area contributed by atoms with Gasteiger partial charge in [-0.05, 0) is 126 Å². The Hall–Kier alpha value is -5.96. The number of thiophene rings is 2. The normalized spacial score (nSPS) is 13.7. The van der Waals surface area contributed by atoms with Crippen LogP contribution in [0.2, 0.25) is 5.65 Å². The van der Waals surface area contributed by atoms with Crippen molar-refractivity contribution >= 4 is 89.2 Å². The second-order valence-electron chi connectivity index (χ2n) is 13.2. The standard InChI is InChI=1S/2C20H21N3O5S2/c2*1-10-8-11(2)17(15(9-10)14(5)24)21-19(25)18-16(6-7-29-18)30(26,27)23-20-12(3)13(4)22-28-20/h2*6-9,23H,1-5H3,(H,21,25)/i3D3,9D;9D/hD4. The Balaban J connectivity index is 0.000000258. The van der Waals surface area contributed by atoms with Gasteiger partial charge < -0.3 is 19.7 Å². The number of sulfonamides is 2. The minimum Gasteiger partial charge on any atom is -0.337 e. The molecule has 6 rings (SSSR count). The summed E-state index contributed by atoms with van der Waals surface area (Å²) in [6.45, 7) is 10.4. The lowest BCUT2D eigenvalue weighted by atomic mass is 10.0. The summed E-state index contributed by atoms with van der Waals surface area (Å²) in [5, 5.41) is 10.5. The summed E-state index contributed by atoms with van der Waals surface area (Å²) >= 11 is 1.45. The fourth-order valence-corrected chi connectivity index (χ4v) is 9.89. The van der Waals surface area contributed by atoms with Crippen molar-refractivity contribution in [2.45, 2.75) is 79.0 Å². The lowest BCUT2D eigenvalue weighted by Crippen LogP contribution is -2.20. The predicted molar refractivity (Wildman–Crippen MR) is 230 cm³/mol. The zero-order valence-corrected chi connectivity index (χ0v) is 36.6. The fraction of sp³-hybridized carbons (Fsp3) is 0.250. The minimum atomic E-state index is -4.87. The molecule has 0 bridgehead atoms. The Morgan fingerprint density at radius 3 is 1.40 bits per heavy atom. The molecular formula is C40H42N6O10S4. The first-order chi connectivity index (χ1) is 31.8.